The number of hydrogen-bond donors (Lipinski definition) is 0. The van der Waals surface area contributed by atoms with Gasteiger partial charge in [0.25, 0.3) is 0 Å². The van der Waals surface area contributed by atoms with Crippen LogP contribution >= 0.6 is 0 Å². The fraction of sp³-hybridized carbons (Fsp3) is 0.375. The highest BCUT2D eigenvalue weighted by Gasteiger charge is 2.57. The molecule has 1 nitrogen and oxygen atoms in total. The molecule has 0 unspecified atom stereocenters. The molecule has 0 aromatic rings. The summed E-state index contributed by atoms with van der Waals surface area (Å²) in [6.07, 6.45) is 23.1. The highest BCUT2D eigenvalue weighted by molar-refractivity contribution is 5.30. The van der Waals surface area contributed by atoms with E-state index in [9.17, 15) is 0 Å². The minimum Gasteiger partial charge on any atom is -0.365 e. The van der Waals surface area contributed by atoms with E-state index in [0.29, 0.717) is 35.9 Å². The summed E-state index contributed by atoms with van der Waals surface area (Å²) in [5.41, 5.74) is 0. The van der Waals surface area contributed by atoms with Crippen molar-refractivity contribution in [2.75, 3.05) is 0 Å². The van der Waals surface area contributed by atoms with Gasteiger partial charge in [-0.2, -0.15) is 0 Å². The standard InChI is InChI=1S/C16H16O/c1-2-4-8-12-11(7-3-1)13-9-5-6-10-14-16(17-14)15(12)13/h1-16H/b2-1-,7-3-,8-4-,9-5-,10-6-/t11-,12+,13-,14+,15+,16+/m0/s1. The molecule has 0 amide bonds. The van der Waals surface area contributed by atoms with Gasteiger partial charge in [-0.05, 0) is 17.8 Å². The quantitative estimate of drug-likeness (QED) is 0.576. The summed E-state index contributed by atoms with van der Waals surface area (Å²) in [6, 6.07) is 0. The second-order valence-electron chi connectivity index (χ2n) is 5.30. The van der Waals surface area contributed by atoms with Crippen molar-refractivity contribution in [1.82, 2.24) is 0 Å². The number of allylic oxidation sites excluding steroid dienone is 9. The number of ether oxygens (including phenoxy) is 1. The third-order valence-corrected chi connectivity index (χ3v) is 4.46. The van der Waals surface area contributed by atoms with E-state index in [2.05, 4.69) is 60.8 Å². The summed E-state index contributed by atoms with van der Waals surface area (Å²) >= 11 is 0. The van der Waals surface area contributed by atoms with Gasteiger partial charge in [-0.15, -0.1) is 0 Å². The summed E-state index contributed by atoms with van der Waals surface area (Å²) in [5, 5.41) is 0. The molecule has 0 aromatic heterocycles. The maximum absolute atomic E-state index is 5.79. The van der Waals surface area contributed by atoms with E-state index in [1.807, 2.05) is 0 Å². The second kappa shape index (κ2) is 3.58. The Morgan fingerprint density at radius 2 is 1.18 bits per heavy atom. The Labute approximate surface area is 102 Å². The van der Waals surface area contributed by atoms with Crippen molar-refractivity contribution in [3.8, 4) is 0 Å². The van der Waals surface area contributed by atoms with Crippen molar-refractivity contribution in [3.05, 3.63) is 60.8 Å². The Hall–Kier alpha value is -1.34. The van der Waals surface area contributed by atoms with Crippen LogP contribution in [0.3, 0.4) is 0 Å². The van der Waals surface area contributed by atoms with Gasteiger partial charge in [0, 0.05) is 5.92 Å². The molecule has 1 heterocycles. The Balaban J connectivity index is 1.69. The number of fused-ring (bicyclic) bond motifs is 6. The molecule has 1 heteroatoms. The Morgan fingerprint density at radius 3 is 1.94 bits per heavy atom. The highest BCUT2D eigenvalue weighted by Crippen LogP contribution is 2.56. The van der Waals surface area contributed by atoms with Crippen LogP contribution in [0.1, 0.15) is 0 Å². The van der Waals surface area contributed by atoms with Crippen molar-refractivity contribution in [3.63, 3.8) is 0 Å². The predicted octanol–water partition coefficient (Wildman–Crippen LogP) is 3.04. The smallest absolute Gasteiger partial charge is 0.103 e. The minimum atomic E-state index is 0.381. The minimum absolute atomic E-state index is 0.381. The summed E-state index contributed by atoms with van der Waals surface area (Å²) in [7, 11) is 0. The fourth-order valence-electron chi connectivity index (χ4n) is 3.57. The first kappa shape index (κ1) is 9.67. The predicted molar refractivity (Wildman–Crippen MR) is 68.3 cm³/mol. The van der Waals surface area contributed by atoms with Crippen LogP contribution in [0.2, 0.25) is 0 Å². The van der Waals surface area contributed by atoms with Gasteiger partial charge in [0.15, 0.2) is 0 Å². The van der Waals surface area contributed by atoms with Crippen LogP contribution in [0.15, 0.2) is 60.8 Å². The first-order valence-corrected chi connectivity index (χ1v) is 6.47. The van der Waals surface area contributed by atoms with Gasteiger partial charge in [-0.1, -0.05) is 60.8 Å². The van der Waals surface area contributed by atoms with Crippen molar-refractivity contribution < 1.29 is 4.74 Å². The molecule has 0 N–H and O–H groups in total. The van der Waals surface area contributed by atoms with Gasteiger partial charge in [0.2, 0.25) is 0 Å². The largest absolute Gasteiger partial charge is 0.365 e. The van der Waals surface area contributed by atoms with E-state index >= 15 is 0 Å². The third-order valence-electron chi connectivity index (χ3n) is 4.46. The summed E-state index contributed by atoms with van der Waals surface area (Å²) in [6.45, 7) is 0. The Morgan fingerprint density at radius 1 is 0.588 bits per heavy atom. The zero-order valence-corrected chi connectivity index (χ0v) is 9.65. The molecule has 4 rings (SSSR count). The summed E-state index contributed by atoms with van der Waals surface area (Å²) < 4.78 is 5.79. The van der Waals surface area contributed by atoms with Crippen molar-refractivity contribution in [1.29, 1.82) is 0 Å². The molecule has 1 saturated carbocycles. The topological polar surface area (TPSA) is 12.5 Å². The van der Waals surface area contributed by atoms with Crippen molar-refractivity contribution in [2.45, 2.75) is 12.2 Å². The maximum atomic E-state index is 5.79. The molecule has 17 heavy (non-hydrogen) atoms. The molecule has 0 radical (unpaired) electrons. The van der Waals surface area contributed by atoms with Gasteiger partial charge >= 0.3 is 0 Å². The number of epoxide rings is 1. The Kier molecular flexibility index (Phi) is 2.03. The van der Waals surface area contributed by atoms with Crippen LogP contribution in [0, 0.1) is 23.7 Å². The van der Waals surface area contributed by atoms with Crippen molar-refractivity contribution in [2.24, 2.45) is 23.7 Å². The molecule has 86 valence electrons. The van der Waals surface area contributed by atoms with Crippen LogP contribution < -0.4 is 0 Å². The average Bonchev–Trinajstić information content (AvgIpc) is 3.01. The lowest BCUT2D eigenvalue weighted by Gasteiger charge is -2.49. The van der Waals surface area contributed by atoms with Crippen LogP contribution in [0.25, 0.3) is 0 Å². The summed E-state index contributed by atoms with van der Waals surface area (Å²) in [4.78, 5) is 0. The number of hydrogen-bond acceptors (Lipinski definition) is 1. The summed E-state index contributed by atoms with van der Waals surface area (Å²) in [5.74, 6) is 2.66. The van der Waals surface area contributed by atoms with E-state index in [1.54, 1.807) is 0 Å². The SMILES string of the molecule is C1=C\C=C/[C@@H]2[C@H](\C=C/1)[C@@H]1/C=C\C=C/[C@H]3O[C@H]3[C@H]21. The number of rotatable bonds is 0. The van der Waals surface area contributed by atoms with E-state index in [4.69, 9.17) is 4.74 Å². The van der Waals surface area contributed by atoms with Crippen LogP contribution in [-0.2, 0) is 4.74 Å². The molecule has 0 bridgehead atoms. The van der Waals surface area contributed by atoms with Crippen LogP contribution in [0.4, 0.5) is 0 Å². The van der Waals surface area contributed by atoms with E-state index in [-0.39, 0.29) is 0 Å². The van der Waals surface area contributed by atoms with Crippen LogP contribution in [0.5, 0.6) is 0 Å². The first-order chi connectivity index (χ1) is 8.45. The normalized spacial score (nSPS) is 58.4. The second-order valence-corrected chi connectivity index (χ2v) is 5.30. The molecule has 2 fully saturated rings. The molecule has 3 aliphatic carbocycles. The average molecular weight is 224 g/mol. The lowest BCUT2D eigenvalue weighted by atomic mass is 9.54. The van der Waals surface area contributed by atoms with Gasteiger partial charge < -0.3 is 4.74 Å². The van der Waals surface area contributed by atoms with E-state index in [1.165, 1.54) is 0 Å². The Bertz CT molecular complexity index is 466. The van der Waals surface area contributed by atoms with Crippen LogP contribution in [-0.4, -0.2) is 12.2 Å². The molecule has 4 aliphatic rings. The molecular formula is C16H16O. The third kappa shape index (κ3) is 1.42. The highest BCUT2D eigenvalue weighted by atomic mass is 16.6. The van der Waals surface area contributed by atoms with Crippen molar-refractivity contribution >= 4 is 0 Å². The van der Waals surface area contributed by atoms with Gasteiger partial charge in [-0.25, -0.2) is 0 Å². The fourth-order valence-corrected chi connectivity index (χ4v) is 3.57. The van der Waals surface area contributed by atoms with Gasteiger partial charge in [0.1, 0.15) is 6.10 Å². The van der Waals surface area contributed by atoms with Gasteiger partial charge in [0.05, 0.1) is 6.10 Å². The maximum Gasteiger partial charge on any atom is 0.103 e. The zero-order chi connectivity index (χ0) is 11.2. The molecule has 1 saturated heterocycles. The zero-order valence-electron chi connectivity index (χ0n) is 9.65. The van der Waals surface area contributed by atoms with E-state index < -0.39 is 0 Å². The molecule has 1 aliphatic heterocycles. The van der Waals surface area contributed by atoms with E-state index in [0.717, 1.165) is 0 Å². The first-order valence-electron chi connectivity index (χ1n) is 6.47. The monoisotopic (exact) mass is 224 g/mol. The lowest BCUT2D eigenvalue weighted by Crippen LogP contribution is -2.47. The lowest BCUT2D eigenvalue weighted by molar-refractivity contribution is 0.0542. The van der Waals surface area contributed by atoms with Gasteiger partial charge in [-0.3, -0.25) is 0 Å². The molecular weight excluding hydrogens is 208 g/mol. The molecule has 0 spiro atoms. The molecule has 6 atom stereocenters. The molecule has 0 aromatic carbocycles.